The van der Waals surface area contributed by atoms with E-state index >= 15 is 0 Å². The van der Waals surface area contributed by atoms with Crippen LogP contribution in [0.4, 0.5) is 5.69 Å². The molecule has 9 heteroatoms. The molecule has 0 radical (unpaired) electrons. The second-order valence-electron chi connectivity index (χ2n) is 7.00. The number of hydrogen-bond donors (Lipinski definition) is 2. The third-order valence-electron chi connectivity index (χ3n) is 5.24. The second-order valence-corrected chi connectivity index (χ2v) is 7.00. The minimum Gasteiger partial charge on any atom is -0.503 e. The van der Waals surface area contributed by atoms with E-state index in [0.717, 1.165) is 19.6 Å². The molecule has 1 aromatic rings. The highest BCUT2D eigenvalue weighted by Crippen LogP contribution is 2.41. The number of carbonyl (C=O) groups is 2. The van der Waals surface area contributed by atoms with E-state index in [1.54, 1.807) is 6.07 Å². The maximum Gasteiger partial charge on any atom is 0.290 e. The summed E-state index contributed by atoms with van der Waals surface area (Å²) in [6.45, 7) is 5.55. The Balaban J connectivity index is 1.87. The number of nitrogens with zero attached hydrogens (tertiary/aromatic N) is 2. The number of nitro groups is 1. The van der Waals surface area contributed by atoms with Gasteiger partial charge in [0.05, 0.1) is 41.9 Å². The van der Waals surface area contributed by atoms with Crippen molar-refractivity contribution in [1.82, 2.24) is 4.90 Å². The summed E-state index contributed by atoms with van der Waals surface area (Å²) in [5.41, 5.74) is -0.0376. The molecule has 0 unspecified atom stereocenters. The number of amides is 1. The number of carbonyl (C=O) groups excluding carboxylic acids is 2. The number of ketones is 1. The van der Waals surface area contributed by atoms with Gasteiger partial charge in [-0.25, -0.2) is 0 Å². The SMILES string of the molecule is CC(=O)C1=C(O)C(=O)N(CCC[NH+]2CCOCC2)[C@@H]1c1ccccc1[N+](=O)[O-]. The molecule has 1 saturated heterocycles. The monoisotopic (exact) mass is 390 g/mol. The average molecular weight is 390 g/mol. The highest BCUT2D eigenvalue weighted by atomic mass is 16.6. The third-order valence-corrected chi connectivity index (χ3v) is 5.24. The maximum atomic E-state index is 12.6. The topological polar surface area (TPSA) is 114 Å². The highest BCUT2D eigenvalue weighted by Gasteiger charge is 2.44. The smallest absolute Gasteiger partial charge is 0.290 e. The number of benzene rings is 1. The largest absolute Gasteiger partial charge is 0.503 e. The van der Waals surface area contributed by atoms with Crippen molar-refractivity contribution in [3.8, 4) is 0 Å². The minimum absolute atomic E-state index is 0.0852. The fraction of sp³-hybridized carbons (Fsp3) is 0.474. The van der Waals surface area contributed by atoms with Gasteiger partial charge in [-0.2, -0.15) is 0 Å². The summed E-state index contributed by atoms with van der Waals surface area (Å²) >= 11 is 0. The van der Waals surface area contributed by atoms with Gasteiger partial charge in [0.15, 0.2) is 11.5 Å². The zero-order valence-electron chi connectivity index (χ0n) is 15.7. The van der Waals surface area contributed by atoms with E-state index in [1.807, 2.05) is 0 Å². The number of aliphatic hydroxyl groups excluding tert-OH is 1. The first-order valence-corrected chi connectivity index (χ1v) is 9.31. The van der Waals surface area contributed by atoms with Gasteiger partial charge in [-0.3, -0.25) is 19.7 Å². The number of ether oxygens (including phenoxy) is 1. The molecular weight excluding hydrogens is 366 g/mol. The van der Waals surface area contributed by atoms with Crippen LogP contribution in [0.5, 0.6) is 0 Å². The molecule has 0 bridgehead atoms. The van der Waals surface area contributed by atoms with Gasteiger partial charge in [0.1, 0.15) is 13.1 Å². The van der Waals surface area contributed by atoms with E-state index in [0.29, 0.717) is 26.2 Å². The van der Waals surface area contributed by atoms with Crippen molar-refractivity contribution < 1.29 is 29.3 Å². The molecule has 0 aliphatic carbocycles. The first-order chi connectivity index (χ1) is 13.4. The van der Waals surface area contributed by atoms with E-state index in [2.05, 4.69) is 0 Å². The van der Waals surface area contributed by atoms with Crippen molar-refractivity contribution in [3.63, 3.8) is 0 Å². The zero-order valence-corrected chi connectivity index (χ0v) is 15.7. The lowest BCUT2D eigenvalue weighted by Gasteiger charge is -2.28. The van der Waals surface area contributed by atoms with E-state index in [4.69, 9.17) is 4.74 Å². The molecule has 2 heterocycles. The summed E-state index contributed by atoms with van der Waals surface area (Å²) in [4.78, 5) is 38.4. The molecule has 1 atom stereocenters. The molecule has 0 aromatic heterocycles. The Morgan fingerprint density at radius 1 is 1.36 bits per heavy atom. The van der Waals surface area contributed by atoms with E-state index in [-0.39, 0.29) is 16.8 Å². The average Bonchev–Trinajstić information content (AvgIpc) is 2.94. The summed E-state index contributed by atoms with van der Waals surface area (Å²) in [6, 6.07) is 5.06. The molecule has 2 aliphatic rings. The Hall–Kier alpha value is -2.78. The van der Waals surface area contributed by atoms with Gasteiger partial charge < -0.3 is 19.6 Å². The normalized spacial score (nSPS) is 20.7. The van der Waals surface area contributed by atoms with Gasteiger partial charge in [-0.05, 0) is 13.0 Å². The van der Waals surface area contributed by atoms with E-state index in [1.165, 1.54) is 34.9 Å². The van der Waals surface area contributed by atoms with Crippen LogP contribution in [0.15, 0.2) is 35.6 Å². The van der Waals surface area contributed by atoms with Crippen molar-refractivity contribution in [2.24, 2.45) is 0 Å². The van der Waals surface area contributed by atoms with Crippen LogP contribution < -0.4 is 4.90 Å². The first-order valence-electron chi connectivity index (χ1n) is 9.31. The lowest BCUT2D eigenvalue weighted by atomic mass is 9.95. The van der Waals surface area contributed by atoms with Crippen molar-refractivity contribution in [2.45, 2.75) is 19.4 Å². The molecule has 1 amide bonds. The van der Waals surface area contributed by atoms with Crippen LogP contribution in [0.2, 0.25) is 0 Å². The number of para-hydroxylation sites is 1. The second kappa shape index (κ2) is 8.49. The number of hydrogen-bond acceptors (Lipinski definition) is 6. The molecule has 1 aromatic carbocycles. The number of nitrogens with one attached hydrogen (secondary N) is 1. The van der Waals surface area contributed by atoms with Crippen LogP contribution in [-0.4, -0.2) is 66.0 Å². The summed E-state index contributed by atoms with van der Waals surface area (Å²) in [5, 5.41) is 21.8. The Labute approximate surface area is 162 Å². The Morgan fingerprint density at radius 2 is 2.04 bits per heavy atom. The lowest BCUT2D eigenvalue weighted by molar-refractivity contribution is -0.908. The molecule has 0 saturated carbocycles. The summed E-state index contributed by atoms with van der Waals surface area (Å²) in [7, 11) is 0. The molecule has 28 heavy (non-hydrogen) atoms. The number of rotatable bonds is 7. The summed E-state index contributed by atoms with van der Waals surface area (Å²) in [6.07, 6.45) is 0.649. The predicted molar refractivity (Wildman–Crippen MR) is 98.9 cm³/mol. The minimum atomic E-state index is -0.953. The summed E-state index contributed by atoms with van der Waals surface area (Å²) < 4.78 is 5.34. The van der Waals surface area contributed by atoms with Crippen molar-refractivity contribution in [3.05, 3.63) is 51.3 Å². The molecule has 2 aliphatic heterocycles. The zero-order chi connectivity index (χ0) is 20.3. The number of Topliss-reactive ketones (excluding diaryl/α,β-unsaturated/α-hetero) is 1. The van der Waals surface area contributed by atoms with Crippen LogP contribution >= 0.6 is 0 Å². The van der Waals surface area contributed by atoms with Gasteiger partial charge in [0.25, 0.3) is 11.6 Å². The van der Waals surface area contributed by atoms with Crippen molar-refractivity contribution in [2.75, 3.05) is 39.4 Å². The Kier molecular flexibility index (Phi) is 6.05. The van der Waals surface area contributed by atoms with Gasteiger partial charge in [0.2, 0.25) is 0 Å². The van der Waals surface area contributed by atoms with Crippen LogP contribution in [0.1, 0.15) is 24.9 Å². The highest BCUT2D eigenvalue weighted by molar-refractivity contribution is 6.08. The van der Waals surface area contributed by atoms with E-state index < -0.39 is 28.4 Å². The lowest BCUT2D eigenvalue weighted by Crippen LogP contribution is -3.14. The molecule has 150 valence electrons. The van der Waals surface area contributed by atoms with E-state index in [9.17, 15) is 24.8 Å². The van der Waals surface area contributed by atoms with Crippen LogP contribution in [0, 0.1) is 10.1 Å². The van der Waals surface area contributed by atoms with Gasteiger partial charge >= 0.3 is 0 Å². The number of nitro benzene ring substituents is 1. The molecule has 9 nitrogen and oxygen atoms in total. The first kappa shape index (κ1) is 20.0. The van der Waals surface area contributed by atoms with Gasteiger partial charge in [0, 0.05) is 19.0 Å². The molecular formula is C19H24N3O6+. The van der Waals surface area contributed by atoms with Gasteiger partial charge in [-0.1, -0.05) is 12.1 Å². The van der Waals surface area contributed by atoms with Crippen LogP contribution in [0.3, 0.4) is 0 Å². The fourth-order valence-electron chi connectivity index (χ4n) is 3.86. The Morgan fingerprint density at radius 3 is 2.68 bits per heavy atom. The summed E-state index contributed by atoms with van der Waals surface area (Å²) in [5.74, 6) is -1.75. The Bertz CT molecular complexity index is 816. The van der Waals surface area contributed by atoms with Crippen LogP contribution in [0.25, 0.3) is 0 Å². The molecule has 1 fully saturated rings. The van der Waals surface area contributed by atoms with Crippen molar-refractivity contribution in [1.29, 1.82) is 0 Å². The maximum absolute atomic E-state index is 12.6. The molecule has 3 rings (SSSR count). The number of aliphatic hydroxyl groups is 1. The third kappa shape index (κ3) is 3.90. The van der Waals surface area contributed by atoms with Gasteiger partial charge in [-0.15, -0.1) is 0 Å². The van der Waals surface area contributed by atoms with Crippen molar-refractivity contribution >= 4 is 17.4 Å². The standard InChI is InChI=1S/C19H23N3O6/c1-13(23)16-17(14-5-2-3-6-15(14)22(26)27)21(19(25)18(16)24)8-4-7-20-9-11-28-12-10-20/h2-3,5-6,17,24H,4,7-12H2,1H3/p+1/t17-/m1/s1. The number of quaternary nitrogens is 1. The number of morpholine rings is 1. The van der Waals surface area contributed by atoms with Crippen LogP contribution in [-0.2, 0) is 14.3 Å². The molecule has 2 N–H and O–H groups in total. The molecule has 0 spiro atoms. The quantitative estimate of drug-likeness (QED) is 0.507. The predicted octanol–water partition coefficient (Wildman–Crippen LogP) is 0.184. The fourth-order valence-corrected chi connectivity index (χ4v) is 3.86.